The lowest BCUT2D eigenvalue weighted by atomic mass is 10.1. The van der Waals surface area contributed by atoms with E-state index in [0.29, 0.717) is 0 Å². The zero-order valence-electron chi connectivity index (χ0n) is 12.2. The van der Waals surface area contributed by atoms with Crippen LogP contribution >= 0.6 is 0 Å². The third-order valence-electron chi connectivity index (χ3n) is 3.73. The second-order valence-electron chi connectivity index (χ2n) is 5.58. The molecule has 1 aliphatic rings. The molecule has 0 saturated carbocycles. The number of nitrogens with two attached hydrogens (primary N) is 1. The highest BCUT2D eigenvalue weighted by molar-refractivity contribution is 5.38. The standard InChI is InChI=1S/C16H26N2O/c1-13-6-7-15(14(2)17)16(12-13)19-11-5-10-18-8-3-4-9-18/h6-7,12,14H,3-5,8-11,17H2,1-2H3/t14-/m1/s1. The van der Waals surface area contributed by atoms with Crippen LogP contribution in [0.3, 0.4) is 0 Å². The van der Waals surface area contributed by atoms with Crippen LogP contribution < -0.4 is 10.5 Å². The van der Waals surface area contributed by atoms with Crippen molar-refractivity contribution in [2.75, 3.05) is 26.2 Å². The van der Waals surface area contributed by atoms with E-state index < -0.39 is 0 Å². The van der Waals surface area contributed by atoms with Crippen molar-refractivity contribution in [3.63, 3.8) is 0 Å². The molecular weight excluding hydrogens is 236 g/mol. The molecule has 3 nitrogen and oxygen atoms in total. The number of rotatable bonds is 6. The molecule has 0 bridgehead atoms. The molecule has 1 heterocycles. The summed E-state index contributed by atoms with van der Waals surface area (Å²) in [6.45, 7) is 8.54. The molecule has 19 heavy (non-hydrogen) atoms. The summed E-state index contributed by atoms with van der Waals surface area (Å²) in [5.41, 5.74) is 8.30. The maximum absolute atomic E-state index is 5.98. The van der Waals surface area contributed by atoms with E-state index in [9.17, 15) is 0 Å². The zero-order valence-corrected chi connectivity index (χ0v) is 12.2. The Kier molecular flexibility index (Phi) is 5.23. The summed E-state index contributed by atoms with van der Waals surface area (Å²) in [4.78, 5) is 2.52. The number of likely N-dealkylation sites (tertiary alicyclic amines) is 1. The minimum atomic E-state index is 0.0224. The molecule has 0 unspecified atom stereocenters. The molecule has 0 aliphatic carbocycles. The quantitative estimate of drug-likeness (QED) is 0.801. The third-order valence-corrected chi connectivity index (χ3v) is 3.73. The van der Waals surface area contributed by atoms with Gasteiger partial charge in [0.2, 0.25) is 0 Å². The molecule has 1 fully saturated rings. The van der Waals surface area contributed by atoms with E-state index in [1.165, 1.54) is 31.5 Å². The fraction of sp³-hybridized carbons (Fsp3) is 0.625. The van der Waals surface area contributed by atoms with Gasteiger partial charge in [-0.3, -0.25) is 0 Å². The molecule has 2 rings (SSSR count). The summed E-state index contributed by atoms with van der Waals surface area (Å²) in [5.74, 6) is 0.955. The van der Waals surface area contributed by atoms with Gasteiger partial charge >= 0.3 is 0 Å². The number of hydrogen-bond donors (Lipinski definition) is 1. The molecule has 0 radical (unpaired) electrons. The highest BCUT2D eigenvalue weighted by atomic mass is 16.5. The first-order chi connectivity index (χ1) is 9.16. The summed E-state index contributed by atoms with van der Waals surface area (Å²) in [5, 5.41) is 0. The number of benzene rings is 1. The molecule has 0 spiro atoms. The van der Waals surface area contributed by atoms with Gasteiger partial charge in [-0.15, -0.1) is 0 Å². The van der Waals surface area contributed by atoms with E-state index in [-0.39, 0.29) is 6.04 Å². The molecular formula is C16H26N2O. The van der Waals surface area contributed by atoms with Crippen LogP contribution in [0.5, 0.6) is 5.75 Å². The Hall–Kier alpha value is -1.06. The van der Waals surface area contributed by atoms with Crippen molar-refractivity contribution in [3.8, 4) is 5.75 Å². The normalized spacial score (nSPS) is 17.6. The fourth-order valence-corrected chi connectivity index (χ4v) is 2.62. The van der Waals surface area contributed by atoms with Crippen molar-refractivity contribution in [1.82, 2.24) is 4.90 Å². The monoisotopic (exact) mass is 262 g/mol. The van der Waals surface area contributed by atoms with Crippen molar-refractivity contribution in [1.29, 1.82) is 0 Å². The second kappa shape index (κ2) is 6.92. The Balaban J connectivity index is 1.82. The Bertz CT molecular complexity index is 398. The zero-order chi connectivity index (χ0) is 13.7. The van der Waals surface area contributed by atoms with Crippen molar-refractivity contribution in [2.45, 2.75) is 39.2 Å². The van der Waals surface area contributed by atoms with Gasteiger partial charge < -0.3 is 15.4 Å². The van der Waals surface area contributed by atoms with E-state index >= 15 is 0 Å². The number of hydrogen-bond acceptors (Lipinski definition) is 3. The van der Waals surface area contributed by atoms with Crippen LogP contribution in [-0.2, 0) is 0 Å². The third kappa shape index (κ3) is 4.22. The Labute approximate surface area is 116 Å². The van der Waals surface area contributed by atoms with Gasteiger partial charge in [0.1, 0.15) is 5.75 Å². The van der Waals surface area contributed by atoms with E-state index in [0.717, 1.165) is 30.9 Å². The molecule has 1 atom stereocenters. The molecule has 0 aromatic heterocycles. The summed E-state index contributed by atoms with van der Waals surface area (Å²) in [7, 11) is 0. The van der Waals surface area contributed by atoms with Crippen LogP contribution in [0.15, 0.2) is 18.2 Å². The van der Waals surface area contributed by atoms with Gasteiger partial charge in [0.05, 0.1) is 6.61 Å². The Morgan fingerprint density at radius 3 is 2.74 bits per heavy atom. The first kappa shape index (κ1) is 14.4. The highest BCUT2D eigenvalue weighted by Gasteiger charge is 2.11. The average molecular weight is 262 g/mol. The largest absolute Gasteiger partial charge is 0.493 e. The van der Waals surface area contributed by atoms with Gasteiger partial charge in [0, 0.05) is 18.2 Å². The van der Waals surface area contributed by atoms with E-state index in [1.807, 2.05) is 6.92 Å². The van der Waals surface area contributed by atoms with Crippen molar-refractivity contribution in [2.24, 2.45) is 5.73 Å². The van der Waals surface area contributed by atoms with Gasteiger partial charge in [0.25, 0.3) is 0 Å². The maximum atomic E-state index is 5.98. The molecule has 0 amide bonds. The van der Waals surface area contributed by atoms with Crippen molar-refractivity contribution in [3.05, 3.63) is 29.3 Å². The average Bonchev–Trinajstić information content (AvgIpc) is 2.87. The van der Waals surface area contributed by atoms with E-state index in [2.05, 4.69) is 30.0 Å². The van der Waals surface area contributed by atoms with Gasteiger partial charge in [-0.25, -0.2) is 0 Å². The van der Waals surface area contributed by atoms with Crippen molar-refractivity contribution < 1.29 is 4.74 Å². The van der Waals surface area contributed by atoms with Gasteiger partial charge in [-0.2, -0.15) is 0 Å². The van der Waals surface area contributed by atoms with E-state index in [4.69, 9.17) is 10.5 Å². The maximum Gasteiger partial charge on any atom is 0.124 e. The molecule has 2 N–H and O–H groups in total. The molecule has 1 saturated heterocycles. The smallest absolute Gasteiger partial charge is 0.124 e. The summed E-state index contributed by atoms with van der Waals surface area (Å²) in [6, 6.07) is 6.29. The van der Waals surface area contributed by atoms with Crippen LogP contribution in [0, 0.1) is 6.92 Å². The molecule has 1 aliphatic heterocycles. The lowest BCUT2D eigenvalue weighted by Crippen LogP contribution is -2.22. The SMILES string of the molecule is Cc1ccc([C@@H](C)N)c(OCCCN2CCCC2)c1. The van der Waals surface area contributed by atoms with Gasteiger partial charge in [-0.05, 0) is 57.8 Å². The van der Waals surface area contributed by atoms with Gasteiger partial charge in [-0.1, -0.05) is 12.1 Å². The number of nitrogens with zero attached hydrogens (tertiary/aromatic N) is 1. The lowest BCUT2D eigenvalue weighted by Gasteiger charge is -2.17. The topological polar surface area (TPSA) is 38.5 Å². The first-order valence-electron chi connectivity index (χ1n) is 7.38. The van der Waals surface area contributed by atoms with Crippen LogP contribution in [0.4, 0.5) is 0 Å². The minimum absolute atomic E-state index is 0.0224. The van der Waals surface area contributed by atoms with Gasteiger partial charge in [0.15, 0.2) is 0 Å². The minimum Gasteiger partial charge on any atom is -0.493 e. The molecule has 106 valence electrons. The van der Waals surface area contributed by atoms with Crippen molar-refractivity contribution >= 4 is 0 Å². The Morgan fingerprint density at radius 1 is 1.32 bits per heavy atom. The Morgan fingerprint density at radius 2 is 2.05 bits per heavy atom. The number of ether oxygens (including phenoxy) is 1. The first-order valence-corrected chi connectivity index (χ1v) is 7.38. The molecule has 1 aromatic carbocycles. The lowest BCUT2D eigenvalue weighted by molar-refractivity contribution is 0.261. The van der Waals surface area contributed by atoms with Crippen LogP contribution in [0.2, 0.25) is 0 Å². The molecule has 3 heteroatoms. The fourth-order valence-electron chi connectivity index (χ4n) is 2.62. The highest BCUT2D eigenvalue weighted by Crippen LogP contribution is 2.25. The molecule has 1 aromatic rings. The summed E-state index contributed by atoms with van der Waals surface area (Å²) < 4.78 is 5.93. The summed E-state index contributed by atoms with van der Waals surface area (Å²) >= 11 is 0. The van der Waals surface area contributed by atoms with Crippen LogP contribution in [-0.4, -0.2) is 31.1 Å². The number of aryl methyl sites for hydroxylation is 1. The predicted octanol–water partition coefficient (Wildman–Crippen LogP) is 2.88. The second-order valence-corrected chi connectivity index (χ2v) is 5.58. The van der Waals surface area contributed by atoms with E-state index in [1.54, 1.807) is 0 Å². The van der Waals surface area contributed by atoms with Crippen LogP contribution in [0.1, 0.15) is 43.4 Å². The van der Waals surface area contributed by atoms with Crippen LogP contribution in [0.25, 0.3) is 0 Å². The predicted molar refractivity (Wildman–Crippen MR) is 79.6 cm³/mol. The summed E-state index contributed by atoms with van der Waals surface area (Å²) in [6.07, 6.45) is 3.80.